The van der Waals surface area contributed by atoms with Gasteiger partial charge in [-0.2, -0.15) is 0 Å². The van der Waals surface area contributed by atoms with Crippen LogP contribution >= 0.6 is 0 Å². The molecule has 192 valence electrons. The molecule has 0 spiro atoms. The van der Waals surface area contributed by atoms with Crippen LogP contribution in [0.4, 0.5) is 0 Å². The van der Waals surface area contributed by atoms with Crippen LogP contribution in [0.25, 0.3) is 11.3 Å². The summed E-state index contributed by atoms with van der Waals surface area (Å²) in [5.41, 5.74) is 4.68. The molecule has 1 aromatic carbocycles. The Kier molecular flexibility index (Phi) is 7.52. The van der Waals surface area contributed by atoms with Crippen molar-refractivity contribution < 1.29 is 9.21 Å². The average Bonchev–Trinajstić information content (AvgIpc) is 3.36. The highest BCUT2D eigenvalue weighted by molar-refractivity contribution is 5.94. The summed E-state index contributed by atoms with van der Waals surface area (Å²) in [4.78, 5) is 15.5. The molecule has 4 heteroatoms. The van der Waals surface area contributed by atoms with E-state index in [4.69, 9.17) is 4.42 Å². The van der Waals surface area contributed by atoms with Gasteiger partial charge in [0.2, 0.25) is 0 Å². The Hall–Kier alpha value is -2.59. The molecule has 1 amide bonds. The van der Waals surface area contributed by atoms with Crippen LogP contribution in [0.15, 0.2) is 59.2 Å². The van der Waals surface area contributed by atoms with Crippen molar-refractivity contribution in [1.82, 2.24) is 10.2 Å². The maximum atomic E-state index is 12.8. The standard InChI is InChI=1S/C32H42N2O2/c1-32(2,3)27-14-12-24(13-15-27)31(35)33-28-16-10-23(11-17-28)18-20-34-19-5-4-8-29(34)26-21-25-7-6-9-30(25)36-22-26/h6-7,9,12-15,21-23,28-29H,4-5,8,10-11,16-20H2,1-3H3,(H,33,35). The van der Waals surface area contributed by atoms with E-state index in [-0.39, 0.29) is 11.3 Å². The summed E-state index contributed by atoms with van der Waals surface area (Å²) >= 11 is 0. The molecule has 1 N–H and O–H groups in total. The molecular formula is C32H42N2O2. The van der Waals surface area contributed by atoms with Crippen LogP contribution in [0.3, 0.4) is 0 Å². The molecule has 0 aromatic heterocycles. The summed E-state index contributed by atoms with van der Waals surface area (Å²) < 4.78 is 5.91. The van der Waals surface area contributed by atoms with Gasteiger partial charge in [-0.1, -0.05) is 51.5 Å². The molecule has 0 radical (unpaired) electrons. The fourth-order valence-electron chi connectivity index (χ4n) is 6.13. The molecule has 1 saturated carbocycles. The van der Waals surface area contributed by atoms with E-state index in [0.29, 0.717) is 12.1 Å². The van der Waals surface area contributed by atoms with Crippen LogP contribution in [-0.4, -0.2) is 29.9 Å². The maximum absolute atomic E-state index is 12.8. The number of nitrogens with zero attached hydrogens (tertiary/aromatic N) is 1. The van der Waals surface area contributed by atoms with Gasteiger partial charge >= 0.3 is 0 Å². The van der Waals surface area contributed by atoms with Gasteiger partial charge in [0.15, 0.2) is 0 Å². The van der Waals surface area contributed by atoms with Crippen molar-refractivity contribution in [3.8, 4) is 11.3 Å². The van der Waals surface area contributed by atoms with Gasteiger partial charge in [0.05, 0.1) is 6.26 Å². The number of likely N-dealkylation sites (tertiary alicyclic amines) is 1. The van der Waals surface area contributed by atoms with E-state index in [1.165, 1.54) is 61.8 Å². The lowest BCUT2D eigenvalue weighted by Gasteiger charge is -2.37. The largest absolute Gasteiger partial charge is 0.464 e. The summed E-state index contributed by atoms with van der Waals surface area (Å²) in [7, 11) is 0. The highest BCUT2D eigenvalue weighted by atomic mass is 16.3. The van der Waals surface area contributed by atoms with Crippen LogP contribution in [0.2, 0.25) is 0 Å². The second-order valence-corrected chi connectivity index (χ2v) is 12.1. The molecule has 1 atom stereocenters. The van der Waals surface area contributed by atoms with Crippen LogP contribution in [0, 0.1) is 5.92 Å². The minimum atomic E-state index is 0.0715. The molecule has 5 rings (SSSR count). The predicted molar refractivity (Wildman–Crippen MR) is 146 cm³/mol. The van der Waals surface area contributed by atoms with E-state index in [1.807, 2.05) is 24.5 Å². The number of nitrogens with one attached hydrogen (secondary N) is 1. The summed E-state index contributed by atoms with van der Waals surface area (Å²) in [6.07, 6.45) is 11.6. The molecule has 1 aromatic rings. The van der Waals surface area contributed by atoms with Crippen molar-refractivity contribution in [3.63, 3.8) is 0 Å². The first-order chi connectivity index (χ1) is 17.4. The second kappa shape index (κ2) is 10.8. The van der Waals surface area contributed by atoms with E-state index < -0.39 is 0 Å². The zero-order valence-corrected chi connectivity index (χ0v) is 22.3. The number of benzene rings is 1. The first-order valence-corrected chi connectivity index (χ1v) is 14.0. The van der Waals surface area contributed by atoms with Crippen LogP contribution in [-0.2, 0) is 5.41 Å². The summed E-state index contributed by atoms with van der Waals surface area (Å²) in [5, 5.41) is 3.30. The molecule has 0 bridgehead atoms. The molecule has 4 aliphatic rings. The van der Waals surface area contributed by atoms with Crippen molar-refractivity contribution in [2.45, 2.75) is 89.6 Å². The number of amides is 1. The Morgan fingerprint density at radius 1 is 1.00 bits per heavy atom. The van der Waals surface area contributed by atoms with Gasteiger partial charge in [0.1, 0.15) is 5.76 Å². The van der Waals surface area contributed by atoms with Crippen molar-refractivity contribution in [2.75, 3.05) is 13.1 Å². The number of carbonyl (C=O) groups excluding carboxylic acids is 1. The zero-order chi connectivity index (χ0) is 25.1. The molecule has 2 heterocycles. The second-order valence-electron chi connectivity index (χ2n) is 12.1. The highest BCUT2D eigenvalue weighted by Crippen LogP contribution is 2.36. The lowest BCUT2D eigenvalue weighted by molar-refractivity contribution is 0.0915. The molecule has 2 fully saturated rings. The van der Waals surface area contributed by atoms with E-state index >= 15 is 0 Å². The van der Waals surface area contributed by atoms with Gasteiger partial charge in [0.25, 0.3) is 5.91 Å². The quantitative estimate of drug-likeness (QED) is 0.390. The maximum Gasteiger partial charge on any atom is 0.251 e. The van der Waals surface area contributed by atoms with Gasteiger partial charge in [-0.25, -0.2) is 0 Å². The van der Waals surface area contributed by atoms with E-state index in [2.05, 4.69) is 61.3 Å². The Balaban J connectivity index is 1.10. The van der Waals surface area contributed by atoms with Gasteiger partial charge in [0, 0.05) is 28.8 Å². The van der Waals surface area contributed by atoms with Crippen molar-refractivity contribution in [2.24, 2.45) is 5.92 Å². The summed E-state index contributed by atoms with van der Waals surface area (Å²) in [5.74, 6) is 1.81. The van der Waals surface area contributed by atoms with Crippen LogP contribution < -0.4 is 5.32 Å². The van der Waals surface area contributed by atoms with Crippen molar-refractivity contribution >= 4 is 5.91 Å². The monoisotopic (exact) mass is 486 g/mol. The Bertz CT molecular complexity index is 1100. The van der Waals surface area contributed by atoms with Gasteiger partial charge in [-0.3, -0.25) is 9.69 Å². The molecular weight excluding hydrogens is 444 g/mol. The topological polar surface area (TPSA) is 45.5 Å². The van der Waals surface area contributed by atoms with Crippen molar-refractivity contribution in [3.05, 3.63) is 71.5 Å². The minimum absolute atomic E-state index is 0.0715. The smallest absolute Gasteiger partial charge is 0.251 e. The number of hydrogen-bond acceptors (Lipinski definition) is 3. The summed E-state index contributed by atoms with van der Waals surface area (Å²) in [6, 6.07) is 17.5. The van der Waals surface area contributed by atoms with Gasteiger partial charge in [-0.15, -0.1) is 0 Å². The fourth-order valence-corrected chi connectivity index (χ4v) is 6.13. The first kappa shape index (κ1) is 25.1. The number of rotatable bonds is 6. The van der Waals surface area contributed by atoms with Gasteiger partial charge < -0.3 is 9.73 Å². The Morgan fingerprint density at radius 3 is 2.53 bits per heavy atom. The Labute approximate surface area is 216 Å². The number of fused-ring (bicyclic) bond motifs is 1. The SMILES string of the molecule is CC(C)(C)c1ccc(C(=O)NC2CCC(CCN3CCCCC3c3coc4cccc-4c3)CC2)cc1. The lowest BCUT2D eigenvalue weighted by atomic mass is 9.83. The van der Waals surface area contributed by atoms with Crippen LogP contribution in [0.5, 0.6) is 0 Å². The molecule has 1 saturated heterocycles. The highest BCUT2D eigenvalue weighted by Gasteiger charge is 2.28. The fraction of sp³-hybridized carbons (Fsp3) is 0.531. The molecule has 2 aliphatic carbocycles. The lowest BCUT2D eigenvalue weighted by Crippen LogP contribution is -2.39. The summed E-state index contributed by atoms with van der Waals surface area (Å²) in [6.45, 7) is 8.94. The predicted octanol–water partition coefficient (Wildman–Crippen LogP) is 7.59. The third-order valence-electron chi connectivity index (χ3n) is 8.47. The van der Waals surface area contributed by atoms with Crippen molar-refractivity contribution in [1.29, 1.82) is 0 Å². The van der Waals surface area contributed by atoms with E-state index in [9.17, 15) is 4.79 Å². The molecule has 2 aliphatic heterocycles. The number of carbonyl (C=O) groups is 1. The third kappa shape index (κ3) is 5.86. The Morgan fingerprint density at radius 2 is 1.78 bits per heavy atom. The molecule has 1 unspecified atom stereocenters. The third-order valence-corrected chi connectivity index (χ3v) is 8.47. The van der Waals surface area contributed by atoms with E-state index in [0.717, 1.165) is 36.6 Å². The minimum Gasteiger partial charge on any atom is -0.464 e. The van der Waals surface area contributed by atoms with Gasteiger partial charge in [-0.05, 0) is 99.2 Å². The molecule has 36 heavy (non-hydrogen) atoms. The zero-order valence-electron chi connectivity index (χ0n) is 22.3. The normalized spacial score (nSPS) is 23.6. The molecule has 4 nitrogen and oxygen atoms in total. The average molecular weight is 487 g/mol. The number of hydrogen-bond donors (Lipinski definition) is 1. The first-order valence-electron chi connectivity index (χ1n) is 14.0. The number of piperidine rings is 1. The van der Waals surface area contributed by atoms with E-state index in [1.54, 1.807) is 0 Å². The van der Waals surface area contributed by atoms with Crippen LogP contribution in [0.1, 0.15) is 99.7 Å².